The van der Waals surface area contributed by atoms with Crippen molar-refractivity contribution in [3.05, 3.63) is 0 Å². The van der Waals surface area contributed by atoms with Crippen molar-refractivity contribution in [2.24, 2.45) is 0 Å². The van der Waals surface area contributed by atoms with Gasteiger partial charge in [0.25, 0.3) is 0 Å². The molecule has 0 radical (unpaired) electrons. The summed E-state index contributed by atoms with van der Waals surface area (Å²) in [6.45, 7) is 1.95. The van der Waals surface area contributed by atoms with Crippen LogP contribution in [0.5, 0.6) is 0 Å². The first-order valence-electron chi connectivity index (χ1n) is 5.26. The summed E-state index contributed by atoms with van der Waals surface area (Å²) >= 11 is 0. The molecule has 1 saturated heterocycles. The van der Waals surface area contributed by atoms with Crippen molar-refractivity contribution < 1.29 is 37.0 Å². The molecule has 0 amide bonds. The molecular weight excluding hydrogens is 254 g/mol. The zero-order valence-corrected chi connectivity index (χ0v) is 10.1. The second kappa shape index (κ2) is 6.59. The predicted octanol–water partition coefficient (Wildman–Crippen LogP) is -3.90. The zero-order chi connectivity index (χ0) is 12.9. The van der Waals surface area contributed by atoms with Crippen LogP contribution in [-0.2, 0) is 19.3 Å². The standard InChI is InChI=1S/C8H17NO7S/c10-6-8(16-17(12,13)14)7(11)5-9-1-3-15-4-2-9/h7-8,10-11H,1-6H2,(H,12,13,14)/t7-,8+/m1/s1. The first-order chi connectivity index (χ1) is 7.92. The van der Waals surface area contributed by atoms with Crippen molar-refractivity contribution in [2.75, 3.05) is 39.5 Å². The molecule has 0 aromatic rings. The van der Waals surface area contributed by atoms with Crippen LogP contribution < -0.4 is 4.90 Å². The number of nitrogens with one attached hydrogen (secondary N) is 1. The smallest absolute Gasteiger partial charge is 0.218 e. The average Bonchev–Trinajstić information content (AvgIpc) is 2.26. The average molecular weight is 271 g/mol. The highest BCUT2D eigenvalue weighted by Crippen LogP contribution is 2.01. The Balaban J connectivity index is 2.44. The van der Waals surface area contributed by atoms with Gasteiger partial charge in [-0.15, -0.1) is 0 Å². The molecule has 0 aromatic heterocycles. The molecule has 0 aliphatic carbocycles. The molecule has 0 saturated carbocycles. The van der Waals surface area contributed by atoms with Crippen molar-refractivity contribution in [2.45, 2.75) is 12.2 Å². The molecular formula is C8H17NO7S. The maximum atomic E-state index is 10.4. The third-order valence-corrected chi connectivity index (χ3v) is 3.03. The van der Waals surface area contributed by atoms with Crippen molar-refractivity contribution in [1.29, 1.82) is 0 Å². The van der Waals surface area contributed by atoms with Crippen LogP contribution in [0.2, 0.25) is 0 Å². The molecule has 1 aliphatic heterocycles. The van der Waals surface area contributed by atoms with Gasteiger partial charge < -0.3 is 24.4 Å². The fraction of sp³-hybridized carbons (Fsp3) is 1.00. The van der Waals surface area contributed by atoms with Gasteiger partial charge in [0, 0.05) is 0 Å². The SMILES string of the molecule is O=S(=O)([O-])O[C@@H](CO)[C@H](O)C[NH+]1CCOCC1. The third kappa shape index (κ3) is 5.73. The van der Waals surface area contributed by atoms with E-state index < -0.39 is 29.2 Å². The second-order valence-corrected chi connectivity index (χ2v) is 4.87. The zero-order valence-electron chi connectivity index (χ0n) is 9.24. The Morgan fingerprint density at radius 1 is 1.41 bits per heavy atom. The second-order valence-electron chi connectivity index (χ2n) is 3.86. The van der Waals surface area contributed by atoms with Crippen LogP contribution in [0.15, 0.2) is 0 Å². The lowest BCUT2D eigenvalue weighted by Crippen LogP contribution is -3.15. The number of hydrogen-bond donors (Lipinski definition) is 3. The van der Waals surface area contributed by atoms with E-state index in [1.54, 1.807) is 0 Å². The molecule has 1 heterocycles. The highest BCUT2D eigenvalue weighted by atomic mass is 32.3. The minimum Gasteiger partial charge on any atom is -0.726 e. The van der Waals surface area contributed by atoms with Gasteiger partial charge in [0.15, 0.2) is 0 Å². The Hall–Kier alpha value is -0.290. The van der Waals surface area contributed by atoms with Gasteiger partial charge >= 0.3 is 0 Å². The Morgan fingerprint density at radius 3 is 2.47 bits per heavy atom. The summed E-state index contributed by atoms with van der Waals surface area (Å²) in [6, 6.07) is 0. The van der Waals surface area contributed by atoms with E-state index >= 15 is 0 Å². The Bertz CT molecular complexity index is 314. The molecule has 0 aromatic carbocycles. The third-order valence-electron chi connectivity index (χ3n) is 2.55. The maximum Gasteiger partial charge on any atom is 0.218 e. The number of morpholine rings is 1. The molecule has 0 bridgehead atoms. The van der Waals surface area contributed by atoms with E-state index in [4.69, 9.17) is 9.84 Å². The summed E-state index contributed by atoms with van der Waals surface area (Å²) in [5.74, 6) is 0. The van der Waals surface area contributed by atoms with E-state index in [-0.39, 0.29) is 6.54 Å². The van der Waals surface area contributed by atoms with Gasteiger partial charge in [0.1, 0.15) is 31.8 Å². The number of aliphatic hydroxyl groups is 2. The van der Waals surface area contributed by atoms with E-state index in [0.29, 0.717) is 26.3 Å². The van der Waals surface area contributed by atoms with Crippen LogP contribution in [0.1, 0.15) is 0 Å². The molecule has 8 nitrogen and oxygen atoms in total. The minimum atomic E-state index is -4.93. The first-order valence-corrected chi connectivity index (χ1v) is 6.60. The Morgan fingerprint density at radius 2 is 2.00 bits per heavy atom. The fourth-order valence-electron chi connectivity index (χ4n) is 1.66. The Kier molecular flexibility index (Phi) is 5.73. The van der Waals surface area contributed by atoms with Crippen LogP contribution in [0.4, 0.5) is 0 Å². The van der Waals surface area contributed by atoms with Crippen LogP contribution in [-0.4, -0.2) is 74.8 Å². The lowest BCUT2D eigenvalue weighted by Gasteiger charge is -2.28. The summed E-state index contributed by atoms with van der Waals surface area (Å²) < 4.78 is 40.3. The Labute approximate surface area is 99.7 Å². The number of hydrogen-bond acceptors (Lipinski definition) is 7. The highest BCUT2D eigenvalue weighted by Gasteiger charge is 2.27. The molecule has 1 fully saturated rings. The summed E-state index contributed by atoms with van der Waals surface area (Å²) in [4.78, 5) is 1.01. The van der Waals surface area contributed by atoms with Crippen molar-refractivity contribution in [1.82, 2.24) is 0 Å². The van der Waals surface area contributed by atoms with Gasteiger partial charge in [-0.1, -0.05) is 0 Å². The number of quaternary nitrogens is 1. The van der Waals surface area contributed by atoms with E-state index in [1.807, 2.05) is 0 Å². The van der Waals surface area contributed by atoms with E-state index in [9.17, 15) is 18.1 Å². The van der Waals surface area contributed by atoms with Gasteiger partial charge in [0.2, 0.25) is 10.4 Å². The topological polar surface area (TPSA) is 121 Å². The molecule has 17 heavy (non-hydrogen) atoms. The van der Waals surface area contributed by atoms with Crippen LogP contribution in [0.25, 0.3) is 0 Å². The number of aliphatic hydroxyl groups excluding tert-OH is 2. The lowest BCUT2D eigenvalue weighted by atomic mass is 10.2. The summed E-state index contributed by atoms with van der Waals surface area (Å²) in [5, 5.41) is 18.5. The molecule has 0 spiro atoms. The lowest BCUT2D eigenvalue weighted by molar-refractivity contribution is -0.911. The minimum absolute atomic E-state index is 0.199. The highest BCUT2D eigenvalue weighted by molar-refractivity contribution is 7.80. The molecule has 9 heteroatoms. The molecule has 1 rings (SSSR count). The van der Waals surface area contributed by atoms with Gasteiger partial charge in [-0.3, -0.25) is 4.18 Å². The van der Waals surface area contributed by atoms with Crippen LogP contribution >= 0.6 is 0 Å². The number of rotatable bonds is 6. The first kappa shape index (κ1) is 14.8. The van der Waals surface area contributed by atoms with Gasteiger partial charge in [0.05, 0.1) is 19.8 Å². The number of ether oxygens (including phenoxy) is 1. The fourth-order valence-corrected chi connectivity index (χ4v) is 2.15. The van der Waals surface area contributed by atoms with Crippen molar-refractivity contribution in [3.8, 4) is 0 Å². The largest absolute Gasteiger partial charge is 0.726 e. The summed E-state index contributed by atoms with van der Waals surface area (Å²) in [6.07, 6.45) is -2.62. The summed E-state index contributed by atoms with van der Waals surface area (Å²) in [7, 11) is -4.93. The molecule has 0 unspecified atom stereocenters. The molecule has 102 valence electrons. The molecule has 3 N–H and O–H groups in total. The van der Waals surface area contributed by atoms with E-state index in [2.05, 4.69) is 4.18 Å². The monoisotopic (exact) mass is 271 g/mol. The van der Waals surface area contributed by atoms with Crippen LogP contribution in [0.3, 0.4) is 0 Å². The van der Waals surface area contributed by atoms with Gasteiger partial charge in [-0.25, -0.2) is 8.42 Å². The quantitative estimate of drug-likeness (QED) is 0.333. The predicted molar refractivity (Wildman–Crippen MR) is 54.0 cm³/mol. The summed E-state index contributed by atoms with van der Waals surface area (Å²) in [5.41, 5.74) is 0. The van der Waals surface area contributed by atoms with E-state index in [1.165, 1.54) is 0 Å². The van der Waals surface area contributed by atoms with Crippen LogP contribution in [0, 0.1) is 0 Å². The normalized spacial score (nSPS) is 22.3. The molecule has 2 atom stereocenters. The maximum absolute atomic E-state index is 10.4. The molecule has 1 aliphatic rings. The van der Waals surface area contributed by atoms with Crippen molar-refractivity contribution >= 4 is 10.4 Å². The van der Waals surface area contributed by atoms with Gasteiger partial charge in [-0.2, -0.15) is 0 Å². The van der Waals surface area contributed by atoms with Crippen molar-refractivity contribution in [3.63, 3.8) is 0 Å². The van der Waals surface area contributed by atoms with E-state index in [0.717, 1.165) is 4.90 Å². The van der Waals surface area contributed by atoms with Gasteiger partial charge in [-0.05, 0) is 0 Å².